The smallest absolute Gasteiger partial charge is 0.295 e. The number of rotatable bonds is 3. The number of nitrogens with one attached hydrogen (secondary N) is 1. The van der Waals surface area contributed by atoms with Gasteiger partial charge in [-0.2, -0.15) is 4.98 Å². The van der Waals surface area contributed by atoms with Gasteiger partial charge in [0.1, 0.15) is 11.3 Å². The number of benzene rings is 1. The second kappa shape index (κ2) is 5.79. The first-order valence-corrected chi connectivity index (χ1v) is 7.20. The number of fused-ring (bicyclic) bond motifs is 1. The number of hydrogen-bond donors (Lipinski definition) is 2. The van der Waals surface area contributed by atoms with Gasteiger partial charge >= 0.3 is 0 Å². The molecule has 1 saturated carbocycles. The highest BCUT2D eigenvalue weighted by Crippen LogP contribution is 2.27. The molecule has 1 aromatic heterocycles. The molecule has 2 N–H and O–H groups in total. The van der Waals surface area contributed by atoms with Crippen molar-refractivity contribution in [3.63, 3.8) is 0 Å². The predicted molar refractivity (Wildman–Crippen MR) is 75.0 cm³/mol. The first-order valence-electron chi connectivity index (χ1n) is 7.20. The first-order chi connectivity index (χ1) is 9.76. The molecule has 1 heterocycles. The van der Waals surface area contributed by atoms with Crippen molar-refractivity contribution in [2.24, 2.45) is 5.92 Å². The summed E-state index contributed by atoms with van der Waals surface area (Å²) in [6.45, 7) is 0.173. The summed E-state index contributed by atoms with van der Waals surface area (Å²) in [6, 6.07) is 4.89. The molecule has 2 aromatic rings. The van der Waals surface area contributed by atoms with Gasteiger partial charge in [0.25, 0.3) is 6.01 Å². The second-order valence-corrected chi connectivity index (χ2v) is 5.46. The number of nitrogens with zero attached hydrogens (tertiary/aromatic N) is 1. The van der Waals surface area contributed by atoms with Crippen LogP contribution in [0.4, 0.5) is 10.4 Å². The van der Waals surface area contributed by atoms with Crippen molar-refractivity contribution in [1.29, 1.82) is 0 Å². The molecule has 0 aliphatic heterocycles. The van der Waals surface area contributed by atoms with Crippen LogP contribution in [0, 0.1) is 11.7 Å². The zero-order valence-electron chi connectivity index (χ0n) is 11.3. The third-order valence-electron chi connectivity index (χ3n) is 4.05. The highest BCUT2D eigenvalue weighted by Gasteiger charge is 2.24. The molecule has 2 atom stereocenters. The van der Waals surface area contributed by atoms with Crippen molar-refractivity contribution in [2.45, 2.75) is 38.1 Å². The number of oxazole rings is 1. The van der Waals surface area contributed by atoms with Crippen LogP contribution < -0.4 is 5.32 Å². The first kappa shape index (κ1) is 13.4. The van der Waals surface area contributed by atoms with Crippen molar-refractivity contribution in [1.82, 2.24) is 4.98 Å². The Morgan fingerprint density at radius 1 is 1.30 bits per heavy atom. The summed E-state index contributed by atoms with van der Waals surface area (Å²) >= 11 is 0. The van der Waals surface area contributed by atoms with Crippen LogP contribution in [0.1, 0.15) is 32.1 Å². The van der Waals surface area contributed by atoms with E-state index in [1.165, 1.54) is 18.6 Å². The number of aliphatic hydroxyl groups is 1. The van der Waals surface area contributed by atoms with E-state index in [0.717, 1.165) is 25.7 Å². The summed E-state index contributed by atoms with van der Waals surface area (Å²) < 4.78 is 18.7. The van der Waals surface area contributed by atoms with Gasteiger partial charge in [-0.3, -0.25) is 0 Å². The Morgan fingerprint density at radius 2 is 2.15 bits per heavy atom. The van der Waals surface area contributed by atoms with Crippen molar-refractivity contribution < 1.29 is 13.9 Å². The standard InChI is InChI=1S/C15H19FN2O2/c16-11-6-7-14-13(8-11)18-15(20-14)17-12-5-3-1-2-4-10(12)9-19/h6-8,10,12,19H,1-5,9H2,(H,17,18). The number of aromatic nitrogens is 1. The number of halogens is 1. The molecule has 0 bridgehead atoms. The van der Waals surface area contributed by atoms with Crippen molar-refractivity contribution in [3.05, 3.63) is 24.0 Å². The van der Waals surface area contributed by atoms with E-state index >= 15 is 0 Å². The molecule has 3 rings (SSSR count). The molecule has 2 unspecified atom stereocenters. The largest absolute Gasteiger partial charge is 0.424 e. The van der Waals surface area contributed by atoms with Crippen molar-refractivity contribution in [2.75, 3.05) is 11.9 Å². The van der Waals surface area contributed by atoms with Crippen LogP contribution >= 0.6 is 0 Å². The van der Waals surface area contributed by atoms with Gasteiger partial charge in [0, 0.05) is 24.6 Å². The van der Waals surface area contributed by atoms with Gasteiger partial charge in [0.15, 0.2) is 5.58 Å². The Kier molecular flexibility index (Phi) is 3.87. The zero-order valence-corrected chi connectivity index (χ0v) is 11.3. The molecule has 0 spiro atoms. The Hall–Kier alpha value is -1.62. The Balaban J connectivity index is 1.80. The third-order valence-corrected chi connectivity index (χ3v) is 4.05. The third kappa shape index (κ3) is 2.77. The molecule has 108 valence electrons. The summed E-state index contributed by atoms with van der Waals surface area (Å²) in [6.07, 6.45) is 5.51. The van der Waals surface area contributed by atoms with Gasteiger partial charge in [-0.05, 0) is 25.0 Å². The summed E-state index contributed by atoms with van der Waals surface area (Å²) in [5, 5.41) is 12.8. The summed E-state index contributed by atoms with van der Waals surface area (Å²) in [7, 11) is 0. The molecular weight excluding hydrogens is 259 g/mol. The minimum atomic E-state index is -0.319. The summed E-state index contributed by atoms with van der Waals surface area (Å²) in [5.74, 6) is -0.0932. The lowest BCUT2D eigenvalue weighted by molar-refractivity contribution is 0.202. The van der Waals surface area contributed by atoms with Crippen LogP contribution in [-0.4, -0.2) is 22.7 Å². The Morgan fingerprint density at radius 3 is 3.00 bits per heavy atom. The molecule has 1 fully saturated rings. The highest BCUT2D eigenvalue weighted by molar-refractivity contribution is 5.74. The molecule has 20 heavy (non-hydrogen) atoms. The van der Waals surface area contributed by atoms with Crippen LogP contribution in [0.2, 0.25) is 0 Å². The Labute approximate surface area is 117 Å². The minimum absolute atomic E-state index is 0.167. The van der Waals surface area contributed by atoms with E-state index in [2.05, 4.69) is 10.3 Å². The van der Waals surface area contributed by atoms with Crippen LogP contribution in [0.25, 0.3) is 11.1 Å². The van der Waals surface area contributed by atoms with E-state index in [1.54, 1.807) is 6.07 Å². The van der Waals surface area contributed by atoms with Gasteiger partial charge in [-0.1, -0.05) is 19.3 Å². The molecular formula is C15H19FN2O2. The summed E-state index contributed by atoms with van der Waals surface area (Å²) in [4.78, 5) is 4.27. The topological polar surface area (TPSA) is 58.3 Å². The molecule has 4 nitrogen and oxygen atoms in total. The fourth-order valence-corrected chi connectivity index (χ4v) is 2.91. The molecule has 1 aliphatic rings. The lowest BCUT2D eigenvalue weighted by Gasteiger charge is -2.23. The monoisotopic (exact) mass is 278 g/mol. The predicted octanol–water partition coefficient (Wildman–Crippen LogP) is 3.32. The van der Waals surface area contributed by atoms with Crippen LogP contribution in [0.5, 0.6) is 0 Å². The average Bonchev–Trinajstić information content (AvgIpc) is 2.68. The van der Waals surface area contributed by atoms with E-state index < -0.39 is 0 Å². The lowest BCUT2D eigenvalue weighted by Crippen LogP contribution is -2.30. The van der Waals surface area contributed by atoms with Crippen LogP contribution in [0.15, 0.2) is 22.6 Å². The van der Waals surface area contributed by atoms with Gasteiger partial charge in [0.2, 0.25) is 0 Å². The maximum atomic E-state index is 13.1. The van der Waals surface area contributed by atoms with Gasteiger partial charge in [-0.15, -0.1) is 0 Å². The van der Waals surface area contributed by atoms with Gasteiger partial charge < -0.3 is 14.8 Å². The zero-order chi connectivity index (χ0) is 13.9. The van der Waals surface area contributed by atoms with E-state index in [1.807, 2.05) is 0 Å². The van der Waals surface area contributed by atoms with E-state index in [0.29, 0.717) is 17.1 Å². The number of aliphatic hydroxyl groups excluding tert-OH is 1. The van der Waals surface area contributed by atoms with E-state index in [-0.39, 0.29) is 24.4 Å². The molecule has 1 aliphatic carbocycles. The maximum absolute atomic E-state index is 13.1. The molecule has 0 saturated heterocycles. The van der Waals surface area contributed by atoms with Gasteiger partial charge in [0.05, 0.1) is 0 Å². The molecule has 0 amide bonds. The fraction of sp³-hybridized carbons (Fsp3) is 0.533. The lowest BCUT2D eigenvalue weighted by atomic mass is 9.96. The number of hydrogen-bond acceptors (Lipinski definition) is 4. The highest BCUT2D eigenvalue weighted by atomic mass is 19.1. The Bertz CT molecular complexity index is 584. The summed E-state index contributed by atoms with van der Waals surface area (Å²) in [5.41, 5.74) is 1.09. The van der Waals surface area contributed by atoms with Crippen molar-refractivity contribution >= 4 is 17.1 Å². The SMILES string of the molecule is OCC1CCCCCC1Nc1nc2cc(F)ccc2o1. The molecule has 0 radical (unpaired) electrons. The fourth-order valence-electron chi connectivity index (χ4n) is 2.91. The van der Waals surface area contributed by atoms with E-state index in [4.69, 9.17) is 4.42 Å². The van der Waals surface area contributed by atoms with Gasteiger partial charge in [-0.25, -0.2) is 4.39 Å². The molecule has 1 aromatic carbocycles. The maximum Gasteiger partial charge on any atom is 0.295 e. The number of anilines is 1. The normalized spacial score (nSPS) is 23.7. The van der Waals surface area contributed by atoms with Crippen molar-refractivity contribution in [3.8, 4) is 0 Å². The van der Waals surface area contributed by atoms with E-state index in [9.17, 15) is 9.50 Å². The molecule has 5 heteroatoms. The quantitative estimate of drug-likeness (QED) is 0.846. The van der Waals surface area contributed by atoms with Crippen LogP contribution in [0.3, 0.4) is 0 Å². The minimum Gasteiger partial charge on any atom is -0.424 e. The average molecular weight is 278 g/mol. The second-order valence-electron chi connectivity index (χ2n) is 5.46. The van der Waals surface area contributed by atoms with Crippen LogP contribution in [-0.2, 0) is 0 Å².